The van der Waals surface area contributed by atoms with Gasteiger partial charge in [0.1, 0.15) is 0 Å². The van der Waals surface area contributed by atoms with Crippen LogP contribution >= 0.6 is 0 Å². The van der Waals surface area contributed by atoms with Crippen molar-refractivity contribution in [2.75, 3.05) is 0 Å². The number of hydrogen-bond acceptors (Lipinski definition) is 1. The molecule has 4 fully saturated rings. The predicted octanol–water partition coefficient (Wildman–Crippen LogP) is 3.17. The fraction of sp³-hybridized carbons (Fsp3) is 0.611. The summed E-state index contributed by atoms with van der Waals surface area (Å²) < 4.78 is 0. The molecule has 1 amide bonds. The summed E-state index contributed by atoms with van der Waals surface area (Å²) in [7, 11) is 0. The fourth-order valence-corrected chi connectivity index (χ4v) is 5.18. The third-order valence-corrected chi connectivity index (χ3v) is 5.76. The van der Waals surface area contributed by atoms with Gasteiger partial charge in [0.15, 0.2) is 0 Å². The summed E-state index contributed by atoms with van der Waals surface area (Å²) in [4.78, 5) is 12.3. The zero-order chi connectivity index (χ0) is 13.5. The van der Waals surface area contributed by atoms with Gasteiger partial charge in [-0.15, -0.1) is 0 Å². The van der Waals surface area contributed by atoms with E-state index >= 15 is 0 Å². The van der Waals surface area contributed by atoms with Crippen LogP contribution in [0.1, 0.15) is 37.7 Å². The van der Waals surface area contributed by atoms with E-state index in [1.54, 1.807) is 0 Å². The number of rotatable bonds is 3. The molecule has 2 heteroatoms. The van der Waals surface area contributed by atoms with Crippen LogP contribution in [0.2, 0.25) is 0 Å². The maximum Gasteiger partial charge on any atom is 0.224 e. The van der Waals surface area contributed by atoms with Gasteiger partial charge in [-0.05, 0) is 61.3 Å². The molecule has 0 aliphatic heterocycles. The summed E-state index contributed by atoms with van der Waals surface area (Å²) in [6, 6.07) is 10.6. The van der Waals surface area contributed by atoms with Crippen molar-refractivity contribution in [3.05, 3.63) is 35.9 Å². The normalized spacial score (nSPS) is 37.9. The van der Waals surface area contributed by atoms with E-state index in [9.17, 15) is 4.79 Å². The molecule has 0 heterocycles. The molecule has 106 valence electrons. The highest BCUT2D eigenvalue weighted by molar-refractivity contribution is 5.78. The summed E-state index contributed by atoms with van der Waals surface area (Å²) in [5.41, 5.74) is 1.12. The van der Waals surface area contributed by atoms with Crippen LogP contribution in [-0.2, 0) is 11.2 Å². The first kappa shape index (κ1) is 12.4. The van der Waals surface area contributed by atoms with E-state index in [0.717, 1.165) is 29.2 Å². The Hall–Kier alpha value is -1.31. The van der Waals surface area contributed by atoms with Gasteiger partial charge in [-0.25, -0.2) is 0 Å². The molecule has 20 heavy (non-hydrogen) atoms. The van der Waals surface area contributed by atoms with Gasteiger partial charge in [0.2, 0.25) is 5.91 Å². The van der Waals surface area contributed by atoms with Crippen LogP contribution in [0, 0.1) is 23.7 Å². The standard InChI is InChI=1S/C18H23NO/c20-17(11-12-4-2-1-3-5-12)19-18-15-7-13-6-14(9-15)10-16(18)8-13/h1-5,13-16,18H,6-11H2,(H,19,20). The molecule has 4 aliphatic rings. The van der Waals surface area contributed by atoms with E-state index in [1.807, 2.05) is 30.3 Å². The van der Waals surface area contributed by atoms with Gasteiger partial charge < -0.3 is 5.32 Å². The first-order valence-electron chi connectivity index (χ1n) is 8.11. The quantitative estimate of drug-likeness (QED) is 0.897. The van der Waals surface area contributed by atoms with Crippen molar-refractivity contribution in [2.45, 2.75) is 44.6 Å². The molecular formula is C18H23NO. The Morgan fingerprint density at radius 2 is 1.55 bits per heavy atom. The summed E-state index contributed by atoms with van der Waals surface area (Å²) in [6.07, 6.45) is 7.46. The van der Waals surface area contributed by atoms with E-state index in [1.165, 1.54) is 32.1 Å². The minimum Gasteiger partial charge on any atom is -0.353 e. The molecule has 5 rings (SSSR count). The van der Waals surface area contributed by atoms with Crippen LogP contribution in [0.15, 0.2) is 30.3 Å². The second kappa shape index (κ2) is 4.91. The fourth-order valence-electron chi connectivity index (χ4n) is 5.18. The maximum atomic E-state index is 12.3. The topological polar surface area (TPSA) is 29.1 Å². The number of carbonyl (C=O) groups excluding carboxylic acids is 1. The lowest BCUT2D eigenvalue weighted by Gasteiger charge is -2.54. The van der Waals surface area contributed by atoms with Crippen LogP contribution in [0.25, 0.3) is 0 Å². The molecule has 0 radical (unpaired) electrons. The molecule has 0 aromatic heterocycles. The SMILES string of the molecule is O=C(Cc1ccccc1)NC1C2CC3CC(C2)CC1C3. The van der Waals surface area contributed by atoms with Crippen LogP contribution in [0.3, 0.4) is 0 Å². The zero-order valence-corrected chi connectivity index (χ0v) is 11.9. The Bertz CT molecular complexity index is 467. The number of carbonyl (C=O) groups is 1. The molecule has 2 nitrogen and oxygen atoms in total. The smallest absolute Gasteiger partial charge is 0.224 e. The van der Waals surface area contributed by atoms with E-state index in [2.05, 4.69) is 5.32 Å². The summed E-state index contributed by atoms with van der Waals surface area (Å²) in [6.45, 7) is 0. The predicted molar refractivity (Wildman–Crippen MR) is 79.1 cm³/mol. The van der Waals surface area contributed by atoms with Crippen molar-refractivity contribution in [2.24, 2.45) is 23.7 Å². The van der Waals surface area contributed by atoms with E-state index in [4.69, 9.17) is 0 Å². The first-order chi connectivity index (χ1) is 9.78. The number of amides is 1. The summed E-state index contributed by atoms with van der Waals surface area (Å²) in [5, 5.41) is 3.37. The molecule has 1 aromatic rings. The van der Waals surface area contributed by atoms with Gasteiger partial charge in [-0.1, -0.05) is 30.3 Å². The molecule has 4 bridgehead atoms. The Morgan fingerprint density at radius 3 is 2.15 bits per heavy atom. The molecular weight excluding hydrogens is 246 g/mol. The third kappa shape index (κ3) is 2.25. The van der Waals surface area contributed by atoms with E-state index < -0.39 is 0 Å². The van der Waals surface area contributed by atoms with Crippen molar-refractivity contribution in [1.82, 2.24) is 5.32 Å². The number of nitrogens with one attached hydrogen (secondary N) is 1. The molecule has 1 aromatic carbocycles. The first-order valence-corrected chi connectivity index (χ1v) is 8.11. The molecule has 1 N–H and O–H groups in total. The lowest BCUT2D eigenvalue weighted by atomic mass is 9.54. The van der Waals surface area contributed by atoms with Crippen LogP contribution < -0.4 is 5.32 Å². The Morgan fingerprint density at radius 1 is 0.950 bits per heavy atom. The van der Waals surface area contributed by atoms with Crippen molar-refractivity contribution < 1.29 is 4.79 Å². The van der Waals surface area contributed by atoms with Crippen LogP contribution in [0.4, 0.5) is 0 Å². The highest BCUT2D eigenvalue weighted by atomic mass is 16.1. The molecule has 0 spiro atoms. The minimum atomic E-state index is 0.216. The summed E-state index contributed by atoms with van der Waals surface area (Å²) in [5.74, 6) is 3.70. The Labute approximate surface area is 121 Å². The van der Waals surface area contributed by atoms with Gasteiger partial charge in [0.25, 0.3) is 0 Å². The average Bonchev–Trinajstić information content (AvgIpc) is 2.43. The van der Waals surface area contributed by atoms with Crippen molar-refractivity contribution in [1.29, 1.82) is 0 Å². The van der Waals surface area contributed by atoms with E-state index in [-0.39, 0.29) is 5.91 Å². The Kier molecular flexibility index (Phi) is 3.05. The molecule has 4 aliphatic carbocycles. The van der Waals surface area contributed by atoms with Gasteiger partial charge in [-0.2, -0.15) is 0 Å². The third-order valence-electron chi connectivity index (χ3n) is 5.76. The second-order valence-corrected chi connectivity index (χ2v) is 7.19. The van der Waals surface area contributed by atoms with Crippen LogP contribution in [0.5, 0.6) is 0 Å². The van der Waals surface area contributed by atoms with Gasteiger partial charge in [-0.3, -0.25) is 4.79 Å². The zero-order valence-electron chi connectivity index (χ0n) is 11.9. The maximum absolute atomic E-state index is 12.3. The molecule has 4 saturated carbocycles. The molecule has 0 unspecified atom stereocenters. The lowest BCUT2D eigenvalue weighted by molar-refractivity contribution is -0.124. The van der Waals surface area contributed by atoms with Crippen molar-refractivity contribution >= 4 is 5.91 Å². The van der Waals surface area contributed by atoms with Gasteiger partial charge in [0.05, 0.1) is 6.42 Å². The summed E-state index contributed by atoms with van der Waals surface area (Å²) >= 11 is 0. The average molecular weight is 269 g/mol. The van der Waals surface area contributed by atoms with Gasteiger partial charge in [0, 0.05) is 6.04 Å². The van der Waals surface area contributed by atoms with Crippen molar-refractivity contribution in [3.63, 3.8) is 0 Å². The van der Waals surface area contributed by atoms with Crippen molar-refractivity contribution in [3.8, 4) is 0 Å². The highest BCUT2D eigenvalue weighted by Gasteiger charge is 2.48. The molecule has 0 saturated heterocycles. The lowest BCUT2D eigenvalue weighted by Crippen LogP contribution is -2.56. The largest absolute Gasteiger partial charge is 0.353 e. The van der Waals surface area contributed by atoms with E-state index in [0.29, 0.717) is 12.5 Å². The number of benzene rings is 1. The monoisotopic (exact) mass is 269 g/mol. The second-order valence-electron chi connectivity index (χ2n) is 7.19. The van der Waals surface area contributed by atoms with Crippen LogP contribution in [-0.4, -0.2) is 11.9 Å². The Balaban J connectivity index is 1.40. The minimum absolute atomic E-state index is 0.216. The highest BCUT2D eigenvalue weighted by Crippen LogP contribution is 2.53. The van der Waals surface area contributed by atoms with Gasteiger partial charge >= 0.3 is 0 Å². The molecule has 0 atom stereocenters. The number of hydrogen-bond donors (Lipinski definition) is 1.